The van der Waals surface area contributed by atoms with Crippen LogP contribution in [0.1, 0.15) is 267 Å². The summed E-state index contributed by atoms with van der Waals surface area (Å²) in [5.41, 5.74) is 22.8. The molecule has 0 unspecified atom stereocenters. The fourth-order valence-corrected chi connectivity index (χ4v) is 17.1. The molecule has 0 saturated heterocycles. The minimum absolute atomic E-state index is 0.0397. The number of hydrogen-bond donors (Lipinski definition) is 0. The van der Waals surface area contributed by atoms with Crippen LogP contribution in [0, 0.1) is 79.4 Å². The second kappa shape index (κ2) is 36.5. The minimum Gasteiger partial charge on any atom is -0.207 e. The second-order valence-electron chi connectivity index (χ2n) is 36.6. The Labute approximate surface area is 667 Å². The van der Waals surface area contributed by atoms with E-state index < -0.39 is 0 Å². The predicted molar refractivity (Wildman–Crippen MR) is 486 cm³/mol. The Balaban J connectivity index is 0.000000138. The molecule has 0 aliphatic heterocycles. The van der Waals surface area contributed by atoms with E-state index in [0.29, 0.717) is 23.2 Å². The molecule has 0 bridgehead atoms. The smallest absolute Gasteiger partial charge is 0.123 e. The van der Waals surface area contributed by atoms with Crippen LogP contribution in [0.25, 0.3) is 75.4 Å². The summed E-state index contributed by atoms with van der Waals surface area (Å²) in [6.07, 6.45) is 11.0. The zero-order valence-electron chi connectivity index (χ0n) is 71.7. The Morgan fingerprint density at radius 2 is 0.559 bits per heavy atom. The Kier molecular flexibility index (Phi) is 27.7. The lowest BCUT2D eigenvalue weighted by atomic mass is 9.70. The molecule has 2 fully saturated rings. The lowest BCUT2D eigenvalue weighted by Crippen LogP contribution is -2.20. The third-order valence-electron chi connectivity index (χ3n) is 22.9. The van der Waals surface area contributed by atoms with E-state index in [0.717, 1.165) is 33.4 Å². The van der Waals surface area contributed by atoms with Gasteiger partial charge in [0.05, 0.1) is 0 Å². The van der Waals surface area contributed by atoms with Crippen molar-refractivity contribution in [1.82, 2.24) is 0 Å². The van der Waals surface area contributed by atoms with Gasteiger partial charge in [-0.05, 0) is 285 Å². The van der Waals surface area contributed by atoms with Crippen molar-refractivity contribution in [3.63, 3.8) is 0 Å². The molecule has 2 aliphatic carbocycles. The van der Waals surface area contributed by atoms with Crippen molar-refractivity contribution in [2.24, 2.45) is 5.41 Å². The van der Waals surface area contributed by atoms with Gasteiger partial charge in [-0.2, -0.15) is 0 Å². The molecule has 0 amide bonds. The topological polar surface area (TPSA) is 0 Å². The van der Waals surface area contributed by atoms with Gasteiger partial charge < -0.3 is 0 Å². The molecular formula is C109H128F2. The zero-order chi connectivity index (χ0) is 80.4. The first-order valence-electron chi connectivity index (χ1n) is 41.4. The van der Waals surface area contributed by atoms with Crippen molar-refractivity contribution < 1.29 is 8.78 Å². The van der Waals surface area contributed by atoms with E-state index in [4.69, 9.17) is 0 Å². The maximum Gasteiger partial charge on any atom is 0.123 e. The van der Waals surface area contributed by atoms with Crippen molar-refractivity contribution in [2.45, 2.75) is 251 Å². The van der Waals surface area contributed by atoms with Gasteiger partial charge in [0, 0.05) is 0 Å². The quantitative estimate of drug-likeness (QED) is 0.161. The van der Waals surface area contributed by atoms with E-state index in [1.165, 1.54) is 195 Å². The van der Waals surface area contributed by atoms with Crippen LogP contribution in [0.5, 0.6) is 0 Å². The maximum atomic E-state index is 13.3. The van der Waals surface area contributed by atoms with E-state index in [2.05, 4.69) is 353 Å². The average Bonchev–Trinajstić information content (AvgIpc) is 1.50. The summed E-state index contributed by atoms with van der Waals surface area (Å²) in [6, 6.07) is 81.4. The fraction of sp³-hybridized carbons (Fsp3) is 0.358. The number of benzene rings is 14. The van der Waals surface area contributed by atoms with E-state index in [9.17, 15) is 8.78 Å². The minimum atomic E-state index is -0.165. The SMILES string of the molecule is Cc1cc(C(C)(C)C)c2cc(C)ccc2c1.Cc1cc(C(C)(C)C)c2cc(F)ccc2c1.Cc1cc(C(C)C)c2cc(C)ccc2c1.Cc1cc(C(C)C)c2cc(F)ccc2c1.Cc1cc(C(C)C)c2ccccc2c1.Cc1cc(C2CCC(C)(C)CC2)c2ccccc2c1.Cc1cc(C2CCCC2)c2ccccc2c1. The van der Waals surface area contributed by atoms with Crippen molar-refractivity contribution in [3.8, 4) is 0 Å². The first-order chi connectivity index (χ1) is 52.5. The summed E-state index contributed by atoms with van der Waals surface area (Å²) in [4.78, 5) is 0. The molecule has 2 aliphatic rings. The Morgan fingerprint density at radius 1 is 0.279 bits per heavy atom. The molecular weight excluding hydrogens is 1350 g/mol. The highest BCUT2D eigenvalue weighted by atomic mass is 19.1. The molecule has 2 saturated carbocycles. The second-order valence-corrected chi connectivity index (χ2v) is 36.6. The van der Waals surface area contributed by atoms with Gasteiger partial charge in [-0.15, -0.1) is 0 Å². The number of halogens is 2. The maximum absolute atomic E-state index is 13.3. The standard InChI is InChI=1S/C19H24.C16H18.C16H20.C15H17F.C15H18.C14H15F.C14H16/c1-14-12-16-6-4-5-7-17(16)18(13-14)15-8-10-19(2,3)11-9-15;1-12-10-14-8-4-5-9-15(14)16(11-12)13-6-2-3-7-13;1-11-6-7-13-8-12(2)10-15(14(13)9-11)16(3,4)5;1-10-7-11-5-6-12(16)9-13(11)14(8-10)15(2,3)4;1-10(2)14-9-12(4)7-13-6-5-11(3)8-15(13)14;1-9(2)13-7-10(3)6-11-4-5-12(15)8-14(11)13;1-10(2)14-9-11(3)8-12-6-4-5-7-13(12)14/h4-7,12-13,15H,8-11H2,1-3H3;4-5,8-11,13H,2-3,6-7H2,1H3;6-10H,1-5H3;5-9H,1-4H3;5-10H,1-4H3;4-9H,1-3H3;4-10H,1-3H3. The molecule has 0 atom stereocenters. The summed E-state index contributed by atoms with van der Waals surface area (Å²) in [5, 5.41) is 18.3. The van der Waals surface area contributed by atoms with Gasteiger partial charge in [0.25, 0.3) is 0 Å². The molecule has 0 radical (unpaired) electrons. The lowest BCUT2D eigenvalue weighted by molar-refractivity contribution is 0.225. The van der Waals surface area contributed by atoms with E-state index in [1.54, 1.807) is 23.3 Å². The van der Waals surface area contributed by atoms with E-state index in [1.807, 2.05) is 12.1 Å². The third-order valence-corrected chi connectivity index (χ3v) is 22.9. The van der Waals surface area contributed by atoms with E-state index >= 15 is 0 Å². The predicted octanol–water partition coefficient (Wildman–Crippen LogP) is 33.2. The van der Waals surface area contributed by atoms with Crippen LogP contribution in [-0.4, -0.2) is 0 Å². The highest BCUT2D eigenvalue weighted by Crippen LogP contribution is 2.45. The van der Waals surface area contributed by atoms with Crippen LogP contribution >= 0.6 is 0 Å². The molecule has 0 heterocycles. The summed E-state index contributed by atoms with van der Waals surface area (Å²) >= 11 is 0. The molecule has 16 rings (SSSR count). The Morgan fingerprint density at radius 3 is 0.946 bits per heavy atom. The van der Waals surface area contributed by atoms with Crippen molar-refractivity contribution in [2.75, 3.05) is 0 Å². The molecule has 111 heavy (non-hydrogen) atoms. The van der Waals surface area contributed by atoms with Crippen LogP contribution in [0.15, 0.2) is 231 Å². The number of aryl methyl sites for hydroxylation is 9. The van der Waals surface area contributed by atoms with Crippen LogP contribution < -0.4 is 0 Å². The van der Waals surface area contributed by atoms with E-state index in [-0.39, 0.29) is 22.5 Å². The summed E-state index contributed by atoms with van der Waals surface area (Å²) in [5.74, 6) is 2.86. The summed E-state index contributed by atoms with van der Waals surface area (Å²) in [7, 11) is 0. The molecule has 14 aromatic rings. The average molecular weight is 1480 g/mol. The lowest BCUT2D eigenvalue weighted by Gasteiger charge is -2.35. The van der Waals surface area contributed by atoms with Crippen molar-refractivity contribution in [3.05, 3.63) is 331 Å². The molecule has 0 N–H and O–H groups in total. The van der Waals surface area contributed by atoms with Crippen molar-refractivity contribution >= 4 is 75.4 Å². The summed E-state index contributed by atoms with van der Waals surface area (Å²) in [6.45, 7) is 50.9. The number of rotatable bonds is 5. The van der Waals surface area contributed by atoms with Gasteiger partial charge in [0.2, 0.25) is 0 Å². The molecule has 0 nitrogen and oxygen atoms in total. The Bertz CT molecular complexity index is 5330. The number of hydrogen-bond acceptors (Lipinski definition) is 0. The number of fused-ring (bicyclic) bond motifs is 7. The molecule has 2 heteroatoms. The third kappa shape index (κ3) is 22.1. The molecule has 0 aromatic heterocycles. The van der Waals surface area contributed by atoms with Gasteiger partial charge in [-0.3, -0.25) is 0 Å². The molecule has 578 valence electrons. The summed E-state index contributed by atoms with van der Waals surface area (Å²) < 4.78 is 26.5. The van der Waals surface area contributed by atoms with Crippen LogP contribution in [0.2, 0.25) is 0 Å². The highest BCUT2D eigenvalue weighted by Gasteiger charge is 2.29. The van der Waals surface area contributed by atoms with Crippen LogP contribution in [0.4, 0.5) is 8.78 Å². The highest BCUT2D eigenvalue weighted by molar-refractivity contribution is 5.92. The monoisotopic (exact) mass is 1470 g/mol. The fourth-order valence-electron chi connectivity index (χ4n) is 17.1. The van der Waals surface area contributed by atoms with Gasteiger partial charge >= 0.3 is 0 Å². The Hall–Kier alpha value is -9.24. The van der Waals surface area contributed by atoms with Crippen molar-refractivity contribution in [1.29, 1.82) is 0 Å². The van der Waals surface area contributed by atoms with Crippen LogP contribution in [-0.2, 0) is 10.8 Å². The first-order valence-corrected chi connectivity index (χ1v) is 41.4. The van der Waals surface area contributed by atoms with Gasteiger partial charge in [0.15, 0.2) is 0 Å². The first kappa shape index (κ1) is 84.2. The van der Waals surface area contributed by atoms with Crippen LogP contribution in [0.3, 0.4) is 0 Å². The van der Waals surface area contributed by atoms with Gasteiger partial charge in [-0.1, -0.05) is 366 Å². The normalized spacial score (nSPS) is 13.8. The molecule has 14 aromatic carbocycles. The zero-order valence-corrected chi connectivity index (χ0v) is 71.7. The van der Waals surface area contributed by atoms with Gasteiger partial charge in [0.1, 0.15) is 11.6 Å². The van der Waals surface area contributed by atoms with Gasteiger partial charge in [-0.25, -0.2) is 8.78 Å². The molecule has 0 spiro atoms. The largest absolute Gasteiger partial charge is 0.207 e.